The Morgan fingerprint density at radius 1 is 1.00 bits per heavy atom. The second-order valence-corrected chi connectivity index (χ2v) is 8.41. The number of benzene rings is 2. The second-order valence-electron chi connectivity index (χ2n) is 6.64. The molecule has 3 rings (SSSR count). The van der Waals surface area contributed by atoms with Gasteiger partial charge < -0.3 is 9.64 Å². The third-order valence-electron chi connectivity index (χ3n) is 4.76. The predicted octanol–water partition coefficient (Wildman–Crippen LogP) is 1.32. The Morgan fingerprint density at radius 3 is 2.25 bits per heavy atom. The molecular weight excluding hydrogens is 378 g/mol. The smallest absolute Gasteiger partial charge is 0.241 e. The average Bonchev–Trinajstić information content (AvgIpc) is 2.73. The summed E-state index contributed by atoms with van der Waals surface area (Å²) in [6, 6.07) is 16.3. The molecule has 2 aromatic carbocycles. The first-order valence-corrected chi connectivity index (χ1v) is 10.6. The molecule has 0 radical (unpaired) electrons. The van der Waals surface area contributed by atoms with E-state index < -0.39 is 10.0 Å². The Hall–Kier alpha value is -2.42. The van der Waals surface area contributed by atoms with Crippen molar-refractivity contribution in [1.29, 1.82) is 0 Å². The molecule has 7 nitrogen and oxygen atoms in total. The van der Waals surface area contributed by atoms with E-state index in [0.29, 0.717) is 18.8 Å². The lowest BCUT2D eigenvalue weighted by atomic mass is 10.2. The summed E-state index contributed by atoms with van der Waals surface area (Å²) in [6.07, 6.45) is 0. The van der Waals surface area contributed by atoms with E-state index in [-0.39, 0.29) is 17.3 Å². The van der Waals surface area contributed by atoms with Crippen LogP contribution in [0.15, 0.2) is 59.5 Å². The van der Waals surface area contributed by atoms with E-state index in [2.05, 4.69) is 21.8 Å². The summed E-state index contributed by atoms with van der Waals surface area (Å²) in [6.45, 7) is 3.34. The Kier molecular flexibility index (Phi) is 6.66. The zero-order chi connectivity index (χ0) is 20.0. The number of carbonyl (C=O) groups excluding carboxylic acids is 1. The predicted molar refractivity (Wildman–Crippen MR) is 106 cm³/mol. The summed E-state index contributed by atoms with van der Waals surface area (Å²) in [5.74, 6) is 0.361. The zero-order valence-electron chi connectivity index (χ0n) is 15.9. The van der Waals surface area contributed by atoms with Gasteiger partial charge in [-0.3, -0.25) is 9.69 Å². The van der Waals surface area contributed by atoms with Gasteiger partial charge >= 0.3 is 0 Å². The Morgan fingerprint density at radius 2 is 1.64 bits per heavy atom. The van der Waals surface area contributed by atoms with Crippen LogP contribution in [0.4, 0.5) is 0 Å². The molecule has 0 aliphatic carbocycles. The fourth-order valence-corrected chi connectivity index (χ4v) is 4.08. The molecule has 2 aromatic rings. The Balaban J connectivity index is 1.47. The van der Waals surface area contributed by atoms with Crippen LogP contribution in [0, 0.1) is 0 Å². The SMILES string of the molecule is COc1ccc(S(=O)(=O)NCC(=O)N2CCN(Cc3ccccc3)CC2)cc1. The summed E-state index contributed by atoms with van der Waals surface area (Å²) in [7, 11) is -2.22. The molecule has 0 spiro atoms. The van der Waals surface area contributed by atoms with E-state index in [1.54, 1.807) is 17.0 Å². The topological polar surface area (TPSA) is 78.9 Å². The molecule has 1 heterocycles. The lowest BCUT2D eigenvalue weighted by molar-refractivity contribution is -0.131. The maximum Gasteiger partial charge on any atom is 0.241 e. The minimum atomic E-state index is -3.73. The fourth-order valence-electron chi connectivity index (χ4n) is 3.10. The molecule has 0 bridgehead atoms. The van der Waals surface area contributed by atoms with Crippen LogP contribution in [0.5, 0.6) is 5.75 Å². The Labute approximate surface area is 166 Å². The fraction of sp³-hybridized carbons (Fsp3) is 0.350. The van der Waals surface area contributed by atoms with Crippen molar-refractivity contribution in [1.82, 2.24) is 14.5 Å². The van der Waals surface area contributed by atoms with Crippen molar-refractivity contribution in [2.75, 3.05) is 39.8 Å². The van der Waals surface area contributed by atoms with Gasteiger partial charge in [-0.2, -0.15) is 0 Å². The number of nitrogens with zero attached hydrogens (tertiary/aromatic N) is 2. The zero-order valence-corrected chi connectivity index (χ0v) is 16.7. The number of sulfonamides is 1. The molecule has 1 saturated heterocycles. The minimum absolute atomic E-state index is 0.105. The summed E-state index contributed by atoms with van der Waals surface area (Å²) < 4.78 is 32.1. The number of methoxy groups -OCH3 is 1. The third kappa shape index (κ3) is 5.31. The highest BCUT2D eigenvalue weighted by molar-refractivity contribution is 7.89. The van der Waals surface area contributed by atoms with E-state index in [1.807, 2.05) is 18.2 Å². The molecule has 1 fully saturated rings. The van der Waals surface area contributed by atoms with Crippen molar-refractivity contribution in [3.8, 4) is 5.75 Å². The van der Waals surface area contributed by atoms with Gasteiger partial charge in [0.25, 0.3) is 0 Å². The van der Waals surface area contributed by atoms with Crippen LogP contribution >= 0.6 is 0 Å². The first-order valence-electron chi connectivity index (χ1n) is 9.16. The van der Waals surface area contributed by atoms with Crippen LogP contribution in [0.3, 0.4) is 0 Å². The van der Waals surface area contributed by atoms with Crippen LogP contribution in [0.1, 0.15) is 5.56 Å². The maximum absolute atomic E-state index is 12.4. The molecule has 0 saturated carbocycles. The van der Waals surface area contributed by atoms with E-state index >= 15 is 0 Å². The lowest BCUT2D eigenvalue weighted by Crippen LogP contribution is -2.50. The van der Waals surface area contributed by atoms with Gasteiger partial charge in [0, 0.05) is 32.7 Å². The van der Waals surface area contributed by atoms with E-state index in [9.17, 15) is 13.2 Å². The molecule has 0 unspecified atom stereocenters. The van der Waals surface area contributed by atoms with Crippen LogP contribution in [-0.2, 0) is 21.4 Å². The summed E-state index contributed by atoms with van der Waals surface area (Å²) in [5, 5.41) is 0. The van der Waals surface area contributed by atoms with Crippen LogP contribution < -0.4 is 9.46 Å². The van der Waals surface area contributed by atoms with Gasteiger partial charge in [-0.25, -0.2) is 13.1 Å². The summed E-state index contributed by atoms with van der Waals surface area (Å²) in [4.78, 5) is 16.5. The number of hydrogen-bond acceptors (Lipinski definition) is 5. The van der Waals surface area contributed by atoms with E-state index in [1.165, 1.54) is 24.8 Å². The first kappa shape index (κ1) is 20.3. The molecular formula is C20H25N3O4S. The number of ether oxygens (including phenoxy) is 1. The standard InChI is InChI=1S/C20H25N3O4S/c1-27-18-7-9-19(10-8-18)28(25,26)21-15-20(24)23-13-11-22(12-14-23)16-17-5-3-2-4-6-17/h2-10,21H,11-16H2,1H3. The van der Waals surface area contributed by atoms with Crippen molar-refractivity contribution < 1.29 is 17.9 Å². The van der Waals surface area contributed by atoms with Gasteiger partial charge in [-0.15, -0.1) is 0 Å². The van der Waals surface area contributed by atoms with E-state index in [0.717, 1.165) is 19.6 Å². The number of nitrogens with one attached hydrogen (secondary N) is 1. The number of rotatable bonds is 7. The summed E-state index contributed by atoms with van der Waals surface area (Å²) >= 11 is 0. The molecule has 1 aliphatic heterocycles. The number of carbonyl (C=O) groups is 1. The normalized spacial score (nSPS) is 15.4. The molecule has 1 aliphatic rings. The Bertz CT molecular complexity index is 877. The molecule has 0 atom stereocenters. The van der Waals surface area contributed by atoms with E-state index in [4.69, 9.17) is 4.74 Å². The van der Waals surface area contributed by atoms with Crippen molar-refractivity contribution >= 4 is 15.9 Å². The minimum Gasteiger partial charge on any atom is -0.497 e. The highest BCUT2D eigenvalue weighted by Gasteiger charge is 2.23. The van der Waals surface area contributed by atoms with Crippen molar-refractivity contribution in [3.05, 3.63) is 60.2 Å². The third-order valence-corrected chi connectivity index (χ3v) is 6.17. The molecule has 1 amide bonds. The molecule has 0 aromatic heterocycles. The van der Waals surface area contributed by atoms with Crippen LogP contribution in [-0.4, -0.2) is 64.0 Å². The van der Waals surface area contributed by atoms with Gasteiger partial charge in [-0.05, 0) is 29.8 Å². The maximum atomic E-state index is 12.4. The van der Waals surface area contributed by atoms with Gasteiger partial charge in [0.15, 0.2) is 0 Å². The molecule has 8 heteroatoms. The average molecular weight is 404 g/mol. The van der Waals surface area contributed by atoms with Crippen LogP contribution in [0.2, 0.25) is 0 Å². The molecule has 150 valence electrons. The highest BCUT2D eigenvalue weighted by atomic mass is 32.2. The van der Waals surface area contributed by atoms with Gasteiger partial charge in [-0.1, -0.05) is 30.3 Å². The lowest BCUT2D eigenvalue weighted by Gasteiger charge is -2.34. The van der Waals surface area contributed by atoms with Gasteiger partial charge in [0.05, 0.1) is 18.6 Å². The monoisotopic (exact) mass is 403 g/mol. The molecule has 1 N–H and O–H groups in total. The number of amides is 1. The summed E-state index contributed by atoms with van der Waals surface area (Å²) in [5.41, 5.74) is 1.24. The number of hydrogen-bond donors (Lipinski definition) is 1. The van der Waals surface area contributed by atoms with Gasteiger partial charge in [0.1, 0.15) is 5.75 Å². The second kappa shape index (κ2) is 9.18. The highest BCUT2D eigenvalue weighted by Crippen LogP contribution is 2.15. The number of piperazine rings is 1. The van der Waals surface area contributed by atoms with Crippen molar-refractivity contribution in [3.63, 3.8) is 0 Å². The quantitative estimate of drug-likeness (QED) is 0.754. The first-order chi connectivity index (χ1) is 13.5. The van der Waals surface area contributed by atoms with Crippen molar-refractivity contribution in [2.24, 2.45) is 0 Å². The van der Waals surface area contributed by atoms with Gasteiger partial charge in [0.2, 0.25) is 15.9 Å². The largest absolute Gasteiger partial charge is 0.497 e. The van der Waals surface area contributed by atoms with Crippen LogP contribution in [0.25, 0.3) is 0 Å². The van der Waals surface area contributed by atoms with Crippen molar-refractivity contribution in [2.45, 2.75) is 11.4 Å². The molecule has 28 heavy (non-hydrogen) atoms.